The minimum Gasteiger partial charge on any atom is -0.496 e. The second kappa shape index (κ2) is 5.99. The average molecular weight is 410 g/mol. The monoisotopic (exact) mass is 408 g/mol. The van der Waals surface area contributed by atoms with Crippen LogP contribution >= 0.6 is 31.9 Å². The van der Waals surface area contributed by atoms with Crippen LogP contribution in [-0.4, -0.2) is 17.3 Å². The summed E-state index contributed by atoms with van der Waals surface area (Å²) in [6.07, 6.45) is 0. The first-order valence-electron chi connectivity index (χ1n) is 6.11. The highest BCUT2D eigenvalue weighted by molar-refractivity contribution is 9.10. The van der Waals surface area contributed by atoms with Crippen LogP contribution < -0.4 is 4.74 Å². The van der Waals surface area contributed by atoms with Crippen LogP contribution in [0.2, 0.25) is 0 Å². The second-order valence-electron chi connectivity index (χ2n) is 4.26. The molecule has 2 aromatic carbocycles. The molecule has 3 aromatic rings. The molecule has 0 saturated carbocycles. The van der Waals surface area contributed by atoms with Gasteiger partial charge in [0.05, 0.1) is 12.7 Å². The van der Waals surface area contributed by atoms with Gasteiger partial charge in [-0.1, -0.05) is 31.9 Å². The molecule has 0 radical (unpaired) electrons. The Labute approximate surface area is 138 Å². The largest absolute Gasteiger partial charge is 0.496 e. The van der Waals surface area contributed by atoms with Gasteiger partial charge in [-0.15, -0.1) is 10.2 Å². The van der Waals surface area contributed by atoms with Crippen molar-refractivity contribution in [2.75, 3.05) is 7.11 Å². The maximum atomic E-state index is 5.75. The van der Waals surface area contributed by atoms with E-state index in [-0.39, 0.29) is 0 Å². The molecule has 0 saturated heterocycles. The normalized spacial score (nSPS) is 10.6. The Hall–Kier alpha value is -1.66. The van der Waals surface area contributed by atoms with E-state index >= 15 is 0 Å². The molecule has 0 unspecified atom stereocenters. The maximum Gasteiger partial charge on any atom is 0.251 e. The van der Waals surface area contributed by atoms with Crippen molar-refractivity contribution in [3.05, 3.63) is 51.4 Å². The zero-order chi connectivity index (χ0) is 14.8. The van der Waals surface area contributed by atoms with Crippen LogP contribution in [0.4, 0.5) is 0 Å². The average Bonchev–Trinajstić information content (AvgIpc) is 2.97. The maximum absolute atomic E-state index is 5.75. The summed E-state index contributed by atoms with van der Waals surface area (Å²) in [5, 5.41) is 8.20. The predicted molar refractivity (Wildman–Crippen MR) is 87.1 cm³/mol. The molecule has 4 nitrogen and oxygen atoms in total. The molecular formula is C15H10Br2N2O2. The number of halogens is 2. The Bertz CT molecular complexity index is 770. The van der Waals surface area contributed by atoms with Crippen LogP contribution in [0.15, 0.2) is 55.8 Å². The van der Waals surface area contributed by atoms with Crippen molar-refractivity contribution >= 4 is 31.9 Å². The van der Waals surface area contributed by atoms with Gasteiger partial charge < -0.3 is 9.15 Å². The molecule has 0 atom stereocenters. The van der Waals surface area contributed by atoms with Gasteiger partial charge in [-0.05, 0) is 42.5 Å². The summed E-state index contributed by atoms with van der Waals surface area (Å²) in [4.78, 5) is 0. The Morgan fingerprint density at radius 3 is 2.29 bits per heavy atom. The molecule has 21 heavy (non-hydrogen) atoms. The predicted octanol–water partition coefficient (Wildman–Crippen LogP) is 4.94. The molecule has 0 N–H and O–H groups in total. The van der Waals surface area contributed by atoms with Crippen LogP contribution in [0.1, 0.15) is 0 Å². The molecule has 0 aliphatic rings. The van der Waals surface area contributed by atoms with E-state index in [1.165, 1.54) is 0 Å². The summed E-state index contributed by atoms with van der Waals surface area (Å²) < 4.78 is 13.0. The van der Waals surface area contributed by atoms with Crippen molar-refractivity contribution in [2.45, 2.75) is 0 Å². The molecule has 3 rings (SSSR count). The van der Waals surface area contributed by atoms with Crippen LogP contribution in [-0.2, 0) is 0 Å². The molecule has 0 spiro atoms. The van der Waals surface area contributed by atoms with Gasteiger partial charge in [0.25, 0.3) is 5.89 Å². The Balaban J connectivity index is 2.02. The molecular weight excluding hydrogens is 400 g/mol. The first-order chi connectivity index (χ1) is 10.2. The zero-order valence-electron chi connectivity index (χ0n) is 11.0. The third-order valence-electron chi connectivity index (χ3n) is 2.91. The Morgan fingerprint density at radius 1 is 0.905 bits per heavy atom. The van der Waals surface area contributed by atoms with Gasteiger partial charge in [0, 0.05) is 14.5 Å². The number of ether oxygens (including phenoxy) is 1. The highest BCUT2D eigenvalue weighted by Gasteiger charge is 2.15. The lowest BCUT2D eigenvalue weighted by Gasteiger charge is -2.04. The van der Waals surface area contributed by atoms with Gasteiger partial charge in [-0.3, -0.25) is 0 Å². The summed E-state index contributed by atoms with van der Waals surface area (Å²) in [7, 11) is 1.61. The number of aromatic nitrogens is 2. The number of hydrogen-bond donors (Lipinski definition) is 0. The van der Waals surface area contributed by atoms with Crippen molar-refractivity contribution in [3.8, 4) is 28.7 Å². The number of methoxy groups -OCH3 is 1. The molecule has 6 heteroatoms. The summed E-state index contributed by atoms with van der Waals surface area (Å²) in [6.45, 7) is 0. The van der Waals surface area contributed by atoms with E-state index in [4.69, 9.17) is 9.15 Å². The van der Waals surface area contributed by atoms with E-state index in [9.17, 15) is 0 Å². The minimum absolute atomic E-state index is 0.422. The number of hydrogen-bond acceptors (Lipinski definition) is 4. The molecule has 1 aromatic heterocycles. The van der Waals surface area contributed by atoms with Crippen molar-refractivity contribution in [1.82, 2.24) is 10.2 Å². The SMILES string of the molecule is COc1ccc(Br)cc1-c1nnc(-c2ccc(Br)cc2)o1. The van der Waals surface area contributed by atoms with E-state index < -0.39 is 0 Å². The number of benzene rings is 2. The third-order valence-corrected chi connectivity index (χ3v) is 3.93. The lowest BCUT2D eigenvalue weighted by Crippen LogP contribution is -1.88. The van der Waals surface area contributed by atoms with Gasteiger partial charge in [0.2, 0.25) is 5.89 Å². The fourth-order valence-corrected chi connectivity index (χ4v) is 2.51. The highest BCUT2D eigenvalue weighted by Crippen LogP contribution is 2.33. The van der Waals surface area contributed by atoms with Crippen LogP contribution in [0.5, 0.6) is 5.75 Å². The fourth-order valence-electron chi connectivity index (χ4n) is 1.89. The first kappa shape index (κ1) is 14.3. The summed E-state index contributed by atoms with van der Waals surface area (Å²) >= 11 is 6.83. The molecule has 1 heterocycles. The minimum atomic E-state index is 0.422. The van der Waals surface area contributed by atoms with Gasteiger partial charge in [0.15, 0.2) is 0 Å². The van der Waals surface area contributed by atoms with Crippen LogP contribution in [0.25, 0.3) is 22.9 Å². The van der Waals surface area contributed by atoms with Gasteiger partial charge in [-0.2, -0.15) is 0 Å². The fraction of sp³-hybridized carbons (Fsp3) is 0.0667. The van der Waals surface area contributed by atoms with Gasteiger partial charge >= 0.3 is 0 Å². The standard InChI is InChI=1S/C15H10Br2N2O2/c1-20-13-7-6-11(17)8-12(13)15-19-18-14(21-15)9-2-4-10(16)5-3-9/h2-8H,1H3. The zero-order valence-corrected chi connectivity index (χ0v) is 14.2. The van der Waals surface area contributed by atoms with Crippen molar-refractivity contribution in [3.63, 3.8) is 0 Å². The first-order valence-corrected chi connectivity index (χ1v) is 7.69. The smallest absolute Gasteiger partial charge is 0.251 e. The lowest BCUT2D eigenvalue weighted by atomic mass is 10.2. The molecule has 106 valence electrons. The van der Waals surface area contributed by atoms with Crippen molar-refractivity contribution in [2.24, 2.45) is 0 Å². The summed E-state index contributed by atoms with van der Waals surface area (Å²) in [5.74, 6) is 1.58. The topological polar surface area (TPSA) is 48.2 Å². The quantitative estimate of drug-likeness (QED) is 0.614. The third kappa shape index (κ3) is 3.01. The molecule has 0 aliphatic heterocycles. The van der Waals surface area contributed by atoms with Crippen LogP contribution in [0, 0.1) is 0 Å². The van der Waals surface area contributed by atoms with E-state index in [1.807, 2.05) is 42.5 Å². The Kier molecular flexibility index (Phi) is 4.07. The van der Waals surface area contributed by atoms with Gasteiger partial charge in [0.1, 0.15) is 5.75 Å². The second-order valence-corrected chi connectivity index (χ2v) is 6.10. The highest BCUT2D eigenvalue weighted by atomic mass is 79.9. The molecule has 0 aliphatic carbocycles. The molecule has 0 fully saturated rings. The van der Waals surface area contributed by atoms with E-state index in [1.54, 1.807) is 7.11 Å². The lowest BCUT2D eigenvalue weighted by molar-refractivity contribution is 0.414. The van der Waals surface area contributed by atoms with E-state index in [0.717, 1.165) is 20.1 Å². The summed E-state index contributed by atoms with van der Waals surface area (Å²) in [5.41, 5.74) is 1.62. The van der Waals surface area contributed by atoms with Crippen molar-refractivity contribution < 1.29 is 9.15 Å². The molecule has 0 bridgehead atoms. The van der Waals surface area contributed by atoms with E-state index in [2.05, 4.69) is 42.1 Å². The van der Waals surface area contributed by atoms with Gasteiger partial charge in [-0.25, -0.2) is 0 Å². The van der Waals surface area contributed by atoms with Crippen LogP contribution in [0.3, 0.4) is 0 Å². The molecule has 0 amide bonds. The van der Waals surface area contributed by atoms with Crippen molar-refractivity contribution in [1.29, 1.82) is 0 Å². The number of nitrogens with zero attached hydrogens (tertiary/aromatic N) is 2. The number of rotatable bonds is 3. The van der Waals surface area contributed by atoms with E-state index in [0.29, 0.717) is 17.5 Å². The Morgan fingerprint density at radius 2 is 1.57 bits per heavy atom. The summed E-state index contributed by atoms with van der Waals surface area (Å²) in [6, 6.07) is 13.3.